The van der Waals surface area contributed by atoms with Crippen LogP contribution in [-0.2, 0) is 0 Å². The first-order valence-corrected chi connectivity index (χ1v) is 6.40. The monoisotopic (exact) mass is 239 g/mol. The molecule has 3 nitrogen and oxygen atoms in total. The van der Waals surface area contributed by atoms with Crippen molar-refractivity contribution in [2.24, 2.45) is 0 Å². The van der Waals surface area contributed by atoms with E-state index in [0.717, 1.165) is 27.1 Å². The van der Waals surface area contributed by atoms with Gasteiger partial charge in [-0.05, 0) is 6.92 Å². The highest BCUT2D eigenvalue weighted by Crippen LogP contribution is 2.45. The maximum atomic E-state index is 5.61. The summed E-state index contributed by atoms with van der Waals surface area (Å²) in [5, 5.41) is 5.11. The minimum Gasteiger partial charge on any atom is -0.485 e. The third kappa shape index (κ3) is 1.52. The summed E-state index contributed by atoms with van der Waals surface area (Å²) in [6.07, 6.45) is 0. The smallest absolute Gasteiger partial charge is 0.181 e. The predicted molar refractivity (Wildman–Crippen MR) is 61.2 cm³/mol. The van der Waals surface area contributed by atoms with Gasteiger partial charge in [-0.2, -0.15) is 0 Å². The van der Waals surface area contributed by atoms with Crippen LogP contribution in [0.3, 0.4) is 0 Å². The highest BCUT2D eigenvalue weighted by molar-refractivity contribution is 7.15. The first-order valence-electron chi connectivity index (χ1n) is 4.64. The molecule has 3 heterocycles. The number of rotatable bonds is 1. The molecule has 78 valence electrons. The molecule has 15 heavy (non-hydrogen) atoms. The van der Waals surface area contributed by atoms with Crippen LogP contribution in [0.5, 0.6) is 11.5 Å². The number of hydrogen-bond acceptors (Lipinski definition) is 5. The molecule has 0 N–H and O–H groups in total. The summed E-state index contributed by atoms with van der Waals surface area (Å²) in [6, 6.07) is 0. The maximum absolute atomic E-state index is 5.61. The minimum atomic E-state index is 0.625. The number of ether oxygens (including phenoxy) is 2. The first-order chi connectivity index (χ1) is 7.34. The largest absolute Gasteiger partial charge is 0.485 e. The quantitative estimate of drug-likeness (QED) is 0.766. The second-order valence-corrected chi connectivity index (χ2v) is 5.15. The van der Waals surface area contributed by atoms with Crippen molar-refractivity contribution in [2.45, 2.75) is 6.92 Å². The summed E-state index contributed by atoms with van der Waals surface area (Å²) >= 11 is 3.28. The Morgan fingerprint density at radius 2 is 2.07 bits per heavy atom. The molecule has 3 rings (SSSR count). The molecular formula is C10H9NO2S2. The summed E-state index contributed by atoms with van der Waals surface area (Å²) in [5.74, 6) is 1.71. The molecule has 0 saturated carbocycles. The average Bonchev–Trinajstić information content (AvgIpc) is 2.83. The Morgan fingerprint density at radius 1 is 1.20 bits per heavy atom. The Kier molecular flexibility index (Phi) is 2.14. The van der Waals surface area contributed by atoms with Crippen molar-refractivity contribution in [3.05, 3.63) is 15.8 Å². The molecule has 5 heteroatoms. The third-order valence-corrected chi connectivity index (χ3v) is 3.89. The van der Waals surface area contributed by atoms with Crippen molar-refractivity contribution in [1.29, 1.82) is 0 Å². The van der Waals surface area contributed by atoms with E-state index in [1.807, 2.05) is 12.3 Å². The van der Waals surface area contributed by atoms with E-state index in [-0.39, 0.29) is 0 Å². The van der Waals surface area contributed by atoms with Gasteiger partial charge < -0.3 is 9.47 Å². The van der Waals surface area contributed by atoms with E-state index in [1.165, 1.54) is 0 Å². The van der Waals surface area contributed by atoms with Crippen molar-refractivity contribution in [2.75, 3.05) is 13.2 Å². The molecule has 0 amide bonds. The zero-order valence-corrected chi connectivity index (χ0v) is 9.78. The van der Waals surface area contributed by atoms with Crippen molar-refractivity contribution in [3.8, 4) is 22.1 Å². The molecule has 0 bridgehead atoms. The lowest BCUT2D eigenvalue weighted by Crippen LogP contribution is -2.14. The SMILES string of the molecule is Cc1nc(-c2scc3c2OCCO3)cs1. The predicted octanol–water partition coefficient (Wildman–Crippen LogP) is 2.95. The van der Waals surface area contributed by atoms with Gasteiger partial charge in [0.05, 0.1) is 15.6 Å². The molecular weight excluding hydrogens is 230 g/mol. The first kappa shape index (κ1) is 9.18. The van der Waals surface area contributed by atoms with E-state index < -0.39 is 0 Å². The second kappa shape index (κ2) is 3.50. The molecule has 1 aliphatic rings. The molecule has 0 aromatic carbocycles. The molecule has 1 aliphatic heterocycles. The van der Waals surface area contributed by atoms with Crippen LogP contribution in [0.2, 0.25) is 0 Å². The zero-order chi connectivity index (χ0) is 10.3. The van der Waals surface area contributed by atoms with Crippen LogP contribution in [0.15, 0.2) is 10.8 Å². The van der Waals surface area contributed by atoms with Crippen molar-refractivity contribution in [1.82, 2.24) is 4.98 Å². The van der Waals surface area contributed by atoms with Gasteiger partial charge in [0.15, 0.2) is 11.5 Å². The van der Waals surface area contributed by atoms with Crippen LogP contribution in [0, 0.1) is 6.92 Å². The summed E-state index contributed by atoms with van der Waals surface area (Å²) in [5.41, 5.74) is 0.995. The number of hydrogen-bond donors (Lipinski definition) is 0. The Hall–Kier alpha value is -1.07. The van der Waals surface area contributed by atoms with Gasteiger partial charge >= 0.3 is 0 Å². The molecule has 0 fully saturated rings. The fourth-order valence-electron chi connectivity index (χ4n) is 1.51. The Bertz CT molecular complexity index is 489. The maximum Gasteiger partial charge on any atom is 0.181 e. The van der Waals surface area contributed by atoms with E-state index >= 15 is 0 Å². The normalized spacial score (nSPS) is 14.2. The Balaban J connectivity index is 2.08. The molecule has 0 atom stereocenters. The number of nitrogens with zero attached hydrogens (tertiary/aromatic N) is 1. The van der Waals surface area contributed by atoms with E-state index in [1.54, 1.807) is 22.7 Å². The van der Waals surface area contributed by atoms with Gasteiger partial charge in [0.1, 0.15) is 13.2 Å². The summed E-state index contributed by atoms with van der Waals surface area (Å²) in [4.78, 5) is 5.53. The van der Waals surface area contributed by atoms with Gasteiger partial charge in [-0.3, -0.25) is 0 Å². The molecule has 0 radical (unpaired) electrons. The average molecular weight is 239 g/mol. The van der Waals surface area contributed by atoms with Crippen LogP contribution in [0.4, 0.5) is 0 Å². The van der Waals surface area contributed by atoms with Gasteiger partial charge in [-0.25, -0.2) is 4.98 Å². The standard InChI is InChI=1S/C10H9NO2S2/c1-6-11-7(4-14-6)10-9-8(5-15-10)12-2-3-13-9/h4-5H,2-3H2,1H3. The zero-order valence-electron chi connectivity index (χ0n) is 8.15. The van der Waals surface area contributed by atoms with E-state index in [2.05, 4.69) is 10.4 Å². The fraction of sp³-hybridized carbons (Fsp3) is 0.300. The third-order valence-electron chi connectivity index (χ3n) is 2.15. The molecule has 0 aliphatic carbocycles. The Morgan fingerprint density at radius 3 is 2.87 bits per heavy atom. The summed E-state index contributed by atoms with van der Waals surface area (Å²) in [7, 11) is 0. The van der Waals surface area contributed by atoms with Gasteiger partial charge in [0.2, 0.25) is 0 Å². The lowest BCUT2D eigenvalue weighted by atomic mass is 10.3. The summed E-state index contributed by atoms with van der Waals surface area (Å²) in [6.45, 7) is 3.27. The summed E-state index contributed by atoms with van der Waals surface area (Å²) < 4.78 is 11.1. The van der Waals surface area contributed by atoms with Crippen LogP contribution in [0.25, 0.3) is 10.6 Å². The second-order valence-electron chi connectivity index (χ2n) is 3.21. The number of thiazole rings is 1. The molecule has 0 spiro atoms. The van der Waals surface area contributed by atoms with Crippen molar-refractivity contribution in [3.63, 3.8) is 0 Å². The van der Waals surface area contributed by atoms with Gasteiger partial charge in [0.25, 0.3) is 0 Å². The topological polar surface area (TPSA) is 31.4 Å². The highest BCUT2D eigenvalue weighted by atomic mass is 32.1. The van der Waals surface area contributed by atoms with Crippen LogP contribution in [0.1, 0.15) is 5.01 Å². The molecule has 0 saturated heterocycles. The molecule has 0 unspecified atom stereocenters. The van der Waals surface area contributed by atoms with E-state index in [9.17, 15) is 0 Å². The van der Waals surface area contributed by atoms with Crippen LogP contribution < -0.4 is 9.47 Å². The molecule has 2 aromatic heterocycles. The van der Waals surface area contributed by atoms with Gasteiger partial charge in [-0.15, -0.1) is 22.7 Å². The van der Waals surface area contributed by atoms with Crippen molar-refractivity contribution < 1.29 is 9.47 Å². The number of thiophene rings is 1. The van der Waals surface area contributed by atoms with Gasteiger partial charge in [0, 0.05) is 10.8 Å². The lowest BCUT2D eigenvalue weighted by molar-refractivity contribution is 0.174. The number of aryl methyl sites for hydroxylation is 1. The lowest BCUT2D eigenvalue weighted by Gasteiger charge is -2.15. The Labute approximate surface area is 95.3 Å². The highest BCUT2D eigenvalue weighted by Gasteiger charge is 2.20. The van der Waals surface area contributed by atoms with Gasteiger partial charge in [-0.1, -0.05) is 0 Å². The fourth-order valence-corrected chi connectivity index (χ4v) is 3.08. The number of fused-ring (bicyclic) bond motifs is 1. The molecule has 2 aromatic rings. The van der Waals surface area contributed by atoms with Crippen LogP contribution >= 0.6 is 22.7 Å². The van der Waals surface area contributed by atoms with Crippen molar-refractivity contribution >= 4 is 22.7 Å². The van der Waals surface area contributed by atoms with E-state index in [4.69, 9.17) is 9.47 Å². The minimum absolute atomic E-state index is 0.625. The van der Waals surface area contributed by atoms with E-state index in [0.29, 0.717) is 13.2 Å². The number of aromatic nitrogens is 1. The van der Waals surface area contributed by atoms with Crippen LogP contribution in [-0.4, -0.2) is 18.2 Å².